The van der Waals surface area contributed by atoms with Crippen LogP contribution in [0, 0.1) is 57.7 Å². The van der Waals surface area contributed by atoms with Crippen molar-refractivity contribution < 1.29 is 24.5 Å². The molecule has 1 saturated heterocycles. The van der Waals surface area contributed by atoms with Gasteiger partial charge in [0, 0.05) is 18.5 Å². The van der Waals surface area contributed by atoms with Gasteiger partial charge < -0.3 is 19.7 Å². The summed E-state index contributed by atoms with van der Waals surface area (Å²) in [6, 6.07) is 0. The van der Waals surface area contributed by atoms with E-state index in [9.17, 15) is 19.8 Å². The number of unbranched alkanes of at least 4 members (excludes halogenated alkanes) is 2. The highest BCUT2D eigenvalue weighted by Gasteiger charge is 2.86. The van der Waals surface area contributed by atoms with Crippen LogP contribution in [0.25, 0.3) is 0 Å². The molecule has 6 aliphatic rings. The Morgan fingerprint density at radius 2 is 1.91 bits per heavy atom. The van der Waals surface area contributed by atoms with Crippen LogP contribution >= 0.6 is 0 Å². The maximum absolute atomic E-state index is 14.1. The van der Waals surface area contributed by atoms with Crippen molar-refractivity contribution in [3.05, 3.63) is 11.6 Å². The summed E-state index contributed by atoms with van der Waals surface area (Å²) in [6.07, 6.45) is 17.8. The van der Waals surface area contributed by atoms with Gasteiger partial charge in [0.15, 0.2) is 0 Å². The summed E-state index contributed by atoms with van der Waals surface area (Å²) in [7, 11) is 0. The van der Waals surface area contributed by atoms with Crippen molar-refractivity contribution in [2.24, 2.45) is 57.7 Å². The summed E-state index contributed by atoms with van der Waals surface area (Å²) in [6.45, 7) is 11.4. The Hall–Kier alpha value is -1.24. The van der Waals surface area contributed by atoms with Crippen LogP contribution in [-0.2, 0) is 14.3 Å². The Labute approximate surface area is 260 Å². The Kier molecular flexibility index (Phi) is 8.98. The predicted molar refractivity (Wildman–Crippen MR) is 168 cm³/mol. The van der Waals surface area contributed by atoms with E-state index < -0.39 is 22.2 Å². The van der Waals surface area contributed by atoms with Gasteiger partial charge in [-0.1, -0.05) is 84.3 Å². The molecule has 1 aliphatic heterocycles. The van der Waals surface area contributed by atoms with Gasteiger partial charge in [0.25, 0.3) is 0 Å². The number of aliphatic hydroxyl groups excluding tert-OH is 1. The number of aldehydes is 1. The molecule has 6 rings (SSSR count). The summed E-state index contributed by atoms with van der Waals surface area (Å²) in [5.41, 5.74) is -1.56. The molecule has 0 radical (unpaired) electrons. The Balaban J connectivity index is 1.40. The Bertz CT molecular complexity index is 1070. The first-order valence-corrected chi connectivity index (χ1v) is 18.1. The average Bonchev–Trinajstić information content (AvgIpc) is 3.79. The monoisotopic (exact) mass is 597 g/mol. The lowest BCUT2D eigenvalue weighted by molar-refractivity contribution is -0.197. The normalized spacial score (nSPS) is 43.6. The lowest BCUT2D eigenvalue weighted by atomic mass is 9.41. The molecule has 43 heavy (non-hydrogen) atoms. The van der Waals surface area contributed by atoms with E-state index in [0.29, 0.717) is 30.7 Å². The van der Waals surface area contributed by atoms with Crippen molar-refractivity contribution in [1.82, 2.24) is 4.90 Å². The van der Waals surface area contributed by atoms with Gasteiger partial charge >= 0.3 is 5.97 Å². The standard InChI is InChI=1S/C37H59NO5/c1-5-6-9-14-38(15-16-39)22-32-27(17-26-10-7-8-11-26)18-33(43-32)36-21-29-25(4)12-13-30(29)35(23-40)20-28(36)19-31(24(2)3)37(35,36)34(41)42/h19,23-30,32-33,39H,5-18,20-22H2,1-4H3,(H,41,42)/t25-,27+,28?,29-,30-,32+,33-,35?,36?,37+/m1/s1. The summed E-state index contributed by atoms with van der Waals surface area (Å²) >= 11 is 0. The second kappa shape index (κ2) is 12.2. The molecule has 0 amide bonds. The van der Waals surface area contributed by atoms with Gasteiger partial charge in [-0.2, -0.15) is 0 Å². The van der Waals surface area contributed by atoms with E-state index in [0.717, 1.165) is 69.4 Å². The van der Waals surface area contributed by atoms with E-state index in [1.807, 2.05) is 0 Å². The van der Waals surface area contributed by atoms with Crippen LogP contribution in [0.3, 0.4) is 0 Å². The van der Waals surface area contributed by atoms with Crippen LogP contribution in [0.1, 0.15) is 111 Å². The highest BCUT2D eigenvalue weighted by atomic mass is 16.5. The van der Waals surface area contributed by atoms with Gasteiger partial charge in [0.05, 0.1) is 24.2 Å². The van der Waals surface area contributed by atoms with Crippen LogP contribution in [0.4, 0.5) is 0 Å². The number of carboxylic acids is 1. The molecule has 5 aliphatic carbocycles. The molecule has 0 aromatic rings. The first kappa shape index (κ1) is 31.7. The smallest absolute Gasteiger partial charge is 0.315 e. The number of hydrogen-bond acceptors (Lipinski definition) is 5. The van der Waals surface area contributed by atoms with Crippen molar-refractivity contribution in [2.45, 2.75) is 123 Å². The predicted octanol–water partition coefficient (Wildman–Crippen LogP) is 6.75. The molecule has 5 fully saturated rings. The summed E-state index contributed by atoms with van der Waals surface area (Å²) < 4.78 is 7.35. The fourth-order valence-electron chi connectivity index (χ4n) is 12.4. The Morgan fingerprint density at radius 1 is 1.14 bits per heavy atom. The molecular weight excluding hydrogens is 538 g/mol. The third kappa shape index (κ3) is 4.57. The second-order valence-corrected chi connectivity index (χ2v) is 16.1. The number of carbonyl (C=O) groups excluding carboxylic acids is 1. The largest absolute Gasteiger partial charge is 0.481 e. The first-order chi connectivity index (χ1) is 20.7. The minimum atomic E-state index is -1.17. The van der Waals surface area contributed by atoms with E-state index >= 15 is 0 Å². The highest BCUT2D eigenvalue weighted by Crippen LogP contribution is 2.84. The number of rotatable bonds is 14. The van der Waals surface area contributed by atoms with E-state index in [2.05, 4.69) is 38.7 Å². The van der Waals surface area contributed by atoms with Crippen LogP contribution in [0.5, 0.6) is 0 Å². The molecule has 0 aromatic heterocycles. The van der Waals surface area contributed by atoms with Gasteiger partial charge in [-0.3, -0.25) is 9.69 Å². The number of carbonyl (C=O) groups is 2. The molecular formula is C37H59NO5. The van der Waals surface area contributed by atoms with Gasteiger partial charge in [-0.05, 0) is 86.5 Å². The minimum absolute atomic E-state index is 0.0471. The minimum Gasteiger partial charge on any atom is -0.481 e. The third-order valence-electron chi connectivity index (χ3n) is 14.0. The van der Waals surface area contributed by atoms with Crippen molar-refractivity contribution in [3.63, 3.8) is 0 Å². The topological polar surface area (TPSA) is 87.1 Å². The van der Waals surface area contributed by atoms with Gasteiger partial charge in [-0.15, -0.1) is 0 Å². The zero-order valence-electron chi connectivity index (χ0n) is 27.4. The van der Waals surface area contributed by atoms with Gasteiger partial charge in [-0.25, -0.2) is 0 Å². The van der Waals surface area contributed by atoms with Crippen LogP contribution in [-0.4, -0.2) is 65.8 Å². The first-order valence-electron chi connectivity index (χ1n) is 18.1. The number of hydrogen-bond donors (Lipinski definition) is 2. The van der Waals surface area contributed by atoms with Crippen molar-refractivity contribution in [2.75, 3.05) is 26.2 Å². The number of nitrogens with zero attached hydrogens (tertiary/aromatic N) is 1. The SMILES string of the molecule is CCCCCN(CCO)C[C@@H]1O[C@@H](C23C[C@@H]4[C@H](C)CC[C@H]4C4(C=O)CC2C=C(C(C)C)[C@]43C(=O)O)C[C@@H]1CC1CCCC1. The maximum atomic E-state index is 14.1. The van der Waals surface area contributed by atoms with Gasteiger partial charge in [0.1, 0.15) is 11.7 Å². The van der Waals surface area contributed by atoms with Crippen LogP contribution in [0.2, 0.25) is 0 Å². The number of aliphatic carboxylic acids is 1. The fourth-order valence-corrected chi connectivity index (χ4v) is 12.4. The third-order valence-corrected chi connectivity index (χ3v) is 14.0. The molecule has 0 aromatic carbocycles. The number of ether oxygens (including phenoxy) is 1. The molecule has 6 nitrogen and oxygen atoms in total. The molecule has 4 saturated carbocycles. The Morgan fingerprint density at radius 3 is 2.56 bits per heavy atom. The zero-order chi connectivity index (χ0) is 30.6. The van der Waals surface area contributed by atoms with Crippen LogP contribution in [0.15, 0.2) is 11.6 Å². The summed E-state index contributed by atoms with van der Waals surface area (Å²) in [5.74, 6) is 1.58. The molecule has 0 spiro atoms. The van der Waals surface area contributed by atoms with E-state index in [1.165, 1.54) is 38.5 Å². The molecule has 10 atom stereocenters. The number of fused-ring (bicyclic) bond motifs is 2. The highest BCUT2D eigenvalue weighted by molar-refractivity contribution is 5.90. The van der Waals surface area contributed by atoms with E-state index in [1.54, 1.807) is 0 Å². The number of carboxylic acid groups (broad SMARTS) is 1. The molecule has 4 bridgehead atoms. The second-order valence-electron chi connectivity index (χ2n) is 16.1. The molecule has 3 unspecified atom stereocenters. The molecule has 6 heteroatoms. The van der Waals surface area contributed by atoms with Crippen molar-refractivity contribution >= 4 is 12.3 Å². The molecule has 242 valence electrons. The number of aliphatic hydroxyl groups is 1. The average molecular weight is 598 g/mol. The van der Waals surface area contributed by atoms with Crippen LogP contribution < -0.4 is 0 Å². The summed E-state index contributed by atoms with van der Waals surface area (Å²) in [4.78, 5) is 30.0. The maximum Gasteiger partial charge on any atom is 0.315 e. The number of allylic oxidation sites excluding steroid dienone is 1. The molecule has 1 heterocycles. The molecule has 2 N–H and O–H groups in total. The zero-order valence-corrected chi connectivity index (χ0v) is 27.4. The fraction of sp³-hybridized carbons (Fsp3) is 0.892. The van der Waals surface area contributed by atoms with E-state index in [-0.39, 0.29) is 36.6 Å². The lowest BCUT2D eigenvalue weighted by Gasteiger charge is -2.60. The van der Waals surface area contributed by atoms with Gasteiger partial charge in [0.2, 0.25) is 0 Å². The quantitative estimate of drug-likeness (QED) is 0.131. The lowest BCUT2D eigenvalue weighted by Crippen LogP contribution is -2.65. The van der Waals surface area contributed by atoms with Crippen molar-refractivity contribution in [1.29, 1.82) is 0 Å². The van der Waals surface area contributed by atoms with Crippen molar-refractivity contribution in [3.8, 4) is 0 Å². The summed E-state index contributed by atoms with van der Waals surface area (Å²) in [5, 5.41) is 21.5. The van der Waals surface area contributed by atoms with E-state index in [4.69, 9.17) is 4.74 Å².